The van der Waals surface area contributed by atoms with E-state index in [4.69, 9.17) is 28.3 Å². The largest absolute Gasteiger partial charge is 0.481 e. The highest BCUT2D eigenvalue weighted by Crippen LogP contribution is 2.28. The van der Waals surface area contributed by atoms with Crippen LogP contribution in [0.1, 0.15) is 18.4 Å². The van der Waals surface area contributed by atoms with E-state index in [-0.39, 0.29) is 16.5 Å². The molecule has 0 atom stereocenters. The van der Waals surface area contributed by atoms with Gasteiger partial charge in [0.2, 0.25) is 0 Å². The molecule has 1 aromatic carbocycles. The molecule has 0 heterocycles. The van der Waals surface area contributed by atoms with Gasteiger partial charge in [-0.1, -0.05) is 29.3 Å². The lowest BCUT2D eigenvalue weighted by Gasteiger charge is -2.07. The van der Waals surface area contributed by atoms with Gasteiger partial charge >= 0.3 is 5.97 Å². The molecule has 0 spiro atoms. The molecule has 1 aromatic rings. The molecule has 94 valence electrons. The van der Waals surface area contributed by atoms with Gasteiger partial charge in [0.15, 0.2) is 0 Å². The number of nitrogens with one attached hydrogen (secondary N) is 1. The third kappa shape index (κ3) is 4.50. The second kappa shape index (κ2) is 6.79. The van der Waals surface area contributed by atoms with Crippen LogP contribution in [0, 0.1) is 5.82 Å². The minimum absolute atomic E-state index is 0.0866. The Morgan fingerprint density at radius 3 is 2.71 bits per heavy atom. The van der Waals surface area contributed by atoms with Gasteiger partial charge in [-0.25, -0.2) is 4.39 Å². The quantitative estimate of drug-likeness (QED) is 0.622. The van der Waals surface area contributed by atoms with E-state index in [0.717, 1.165) is 0 Å². The zero-order chi connectivity index (χ0) is 12.8. The van der Waals surface area contributed by atoms with Crippen molar-refractivity contribution in [1.82, 2.24) is 5.32 Å². The molecule has 17 heavy (non-hydrogen) atoms. The number of carboxylic acids is 1. The van der Waals surface area contributed by atoms with E-state index in [1.807, 2.05) is 0 Å². The van der Waals surface area contributed by atoms with E-state index in [9.17, 15) is 9.18 Å². The SMILES string of the molecule is O=C(O)CCCNCc1ccc(F)c(Cl)c1Cl. The van der Waals surface area contributed by atoms with Crippen molar-refractivity contribution in [3.63, 3.8) is 0 Å². The summed E-state index contributed by atoms with van der Waals surface area (Å²) < 4.78 is 13.0. The lowest BCUT2D eigenvalue weighted by atomic mass is 10.2. The van der Waals surface area contributed by atoms with Crippen LogP contribution in [0.4, 0.5) is 4.39 Å². The average molecular weight is 280 g/mol. The summed E-state index contributed by atoms with van der Waals surface area (Å²) in [5.74, 6) is -1.37. The molecule has 1 rings (SSSR count). The minimum Gasteiger partial charge on any atom is -0.481 e. The molecule has 6 heteroatoms. The van der Waals surface area contributed by atoms with Crippen molar-refractivity contribution >= 4 is 29.2 Å². The highest BCUT2D eigenvalue weighted by atomic mass is 35.5. The van der Waals surface area contributed by atoms with Crippen LogP contribution in [-0.2, 0) is 11.3 Å². The smallest absolute Gasteiger partial charge is 0.303 e. The first kappa shape index (κ1) is 14.2. The summed E-state index contributed by atoms with van der Waals surface area (Å²) in [4.78, 5) is 10.3. The van der Waals surface area contributed by atoms with E-state index in [0.29, 0.717) is 25.1 Å². The van der Waals surface area contributed by atoms with Gasteiger partial charge in [0.1, 0.15) is 5.82 Å². The van der Waals surface area contributed by atoms with Crippen LogP contribution in [-0.4, -0.2) is 17.6 Å². The van der Waals surface area contributed by atoms with Crippen molar-refractivity contribution in [2.24, 2.45) is 0 Å². The Morgan fingerprint density at radius 2 is 2.06 bits per heavy atom. The zero-order valence-electron chi connectivity index (χ0n) is 8.97. The van der Waals surface area contributed by atoms with Crippen LogP contribution in [0.2, 0.25) is 10.0 Å². The maximum Gasteiger partial charge on any atom is 0.303 e. The van der Waals surface area contributed by atoms with E-state index in [2.05, 4.69) is 5.32 Å². The molecule has 0 amide bonds. The van der Waals surface area contributed by atoms with Crippen LogP contribution in [0.5, 0.6) is 0 Å². The lowest BCUT2D eigenvalue weighted by molar-refractivity contribution is -0.137. The van der Waals surface area contributed by atoms with Crippen molar-refractivity contribution in [3.05, 3.63) is 33.6 Å². The maximum atomic E-state index is 13.0. The molecule has 0 aromatic heterocycles. The van der Waals surface area contributed by atoms with E-state index in [1.165, 1.54) is 6.07 Å². The second-order valence-corrected chi connectivity index (χ2v) is 4.26. The van der Waals surface area contributed by atoms with Crippen molar-refractivity contribution < 1.29 is 14.3 Å². The number of rotatable bonds is 6. The fourth-order valence-corrected chi connectivity index (χ4v) is 1.69. The standard InChI is InChI=1S/C11H12Cl2FNO2/c12-10-7(3-4-8(14)11(10)13)6-15-5-1-2-9(16)17/h3-4,15H,1-2,5-6H2,(H,16,17). The number of carbonyl (C=O) groups is 1. The molecular formula is C11H12Cl2FNO2. The zero-order valence-corrected chi connectivity index (χ0v) is 10.5. The number of hydrogen-bond donors (Lipinski definition) is 2. The molecule has 0 fully saturated rings. The summed E-state index contributed by atoms with van der Waals surface area (Å²) in [6, 6.07) is 2.80. The van der Waals surface area contributed by atoms with Crippen LogP contribution in [0.3, 0.4) is 0 Å². The number of halogens is 3. The molecular weight excluding hydrogens is 268 g/mol. The molecule has 0 saturated heterocycles. The predicted molar refractivity (Wildman–Crippen MR) is 65.0 cm³/mol. The Labute approximate surface area is 109 Å². The van der Waals surface area contributed by atoms with Gasteiger partial charge in [0.25, 0.3) is 0 Å². The number of hydrogen-bond acceptors (Lipinski definition) is 2. The molecule has 0 aliphatic heterocycles. The van der Waals surface area contributed by atoms with Gasteiger partial charge < -0.3 is 10.4 Å². The van der Waals surface area contributed by atoms with Crippen molar-refractivity contribution in [2.75, 3.05) is 6.54 Å². The first-order chi connectivity index (χ1) is 8.02. The van der Waals surface area contributed by atoms with Gasteiger partial charge in [-0.15, -0.1) is 0 Å². The van der Waals surface area contributed by atoms with Gasteiger partial charge in [-0.3, -0.25) is 4.79 Å². The van der Waals surface area contributed by atoms with Crippen molar-refractivity contribution in [1.29, 1.82) is 0 Å². The van der Waals surface area contributed by atoms with Crippen LogP contribution in [0.25, 0.3) is 0 Å². The highest BCUT2D eigenvalue weighted by Gasteiger charge is 2.09. The van der Waals surface area contributed by atoms with Gasteiger partial charge in [-0.05, 0) is 24.6 Å². The molecule has 0 bridgehead atoms. The van der Waals surface area contributed by atoms with E-state index in [1.54, 1.807) is 6.07 Å². The second-order valence-electron chi connectivity index (χ2n) is 3.51. The van der Waals surface area contributed by atoms with Crippen LogP contribution < -0.4 is 5.32 Å². The Balaban J connectivity index is 2.42. The normalized spacial score (nSPS) is 10.5. The van der Waals surface area contributed by atoms with Gasteiger partial charge in [-0.2, -0.15) is 0 Å². The van der Waals surface area contributed by atoms with E-state index < -0.39 is 11.8 Å². The summed E-state index contributed by atoms with van der Waals surface area (Å²) in [6.07, 6.45) is 0.646. The first-order valence-corrected chi connectivity index (χ1v) is 5.83. The summed E-state index contributed by atoms with van der Waals surface area (Å²) in [7, 11) is 0. The first-order valence-electron chi connectivity index (χ1n) is 5.07. The summed E-state index contributed by atoms with van der Waals surface area (Å²) >= 11 is 11.5. The summed E-state index contributed by atoms with van der Waals surface area (Å²) in [5.41, 5.74) is 0.688. The third-order valence-corrected chi connectivity index (χ3v) is 3.07. The highest BCUT2D eigenvalue weighted by molar-refractivity contribution is 6.42. The molecule has 2 N–H and O–H groups in total. The fraction of sp³-hybridized carbons (Fsp3) is 0.364. The summed E-state index contributed by atoms with van der Waals surface area (Å²) in [6.45, 7) is 0.982. The fourth-order valence-electron chi connectivity index (χ4n) is 1.29. The van der Waals surface area contributed by atoms with Crippen LogP contribution >= 0.6 is 23.2 Å². The molecule has 0 unspecified atom stereocenters. The molecule has 0 aliphatic rings. The molecule has 0 radical (unpaired) electrons. The van der Waals surface area contributed by atoms with Gasteiger partial charge in [0.05, 0.1) is 10.0 Å². The minimum atomic E-state index is -0.824. The van der Waals surface area contributed by atoms with Crippen LogP contribution in [0.15, 0.2) is 12.1 Å². The molecule has 3 nitrogen and oxygen atoms in total. The number of carboxylic acid groups (broad SMARTS) is 1. The Morgan fingerprint density at radius 1 is 1.35 bits per heavy atom. The Kier molecular flexibility index (Phi) is 5.68. The van der Waals surface area contributed by atoms with Crippen molar-refractivity contribution in [3.8, 4) is 0 Å². The van der Waals surface area contributed by atoms with Crippen molar-refractivity contribution in [2.45, 2.75) is 19.4 Å². The summed E-state index contributed by atoms with van der Waals surface area (Å²) in [5, 5.41) is 11.6. The van der Waals surface area contributed by atoms with Gasteiger partial charge in [0, 0.05) is 13.0 Å². The Bertz CT molecular complexity index is 413. The number of benzene rings is 1. The topological polar surface area (TPSA) is 49.3 Å². The van der Waals surface area contributed by atoms with E-state index >= 15 is 0 Å². The monoisotopic (exact) mass is 279 g/mol. The molecule has 0 aliphatic carbocycles. The number of aliphatic carboxylic acids is 1. The predicted octanol–water partition coefficient (Wildman–Crippen LogP) is 3.09. The Hall–Kier alpha value is -0.840. The average Bonchev–Trinajstić information content (AvgIpc) is 2.28. The third-order valence-electron chi connectivity index (χ3n) is 2.17. The lowest BCUT2D eigenvalue weighted by Crippen LogP contribution is -2.16. The maximum absolute atomic E-state index is 13.0. The molecule has 0 saturated carbocycles.